The molecule has 1 aliphatic heterocycles. The second kappa shape index (κ2) is 10.6. The molecule has 2 N–H and O–H groups in total. The van der Waals surface area contributed by atoms with Gasteiger partial charge in [0.25, 0.3) is 0 Å². The summed E-state index contributed by atoms with van der Waals surface area (Å²) in [5.41, 5.74) is 1.92. The van der Waals surface area contributed by atoms with E-state index in [2.05, 4.69) is 31.6 Å². The van der Waals surface area contributed by atoms with E-state index >= 15 is 0 Å². The van der Waals surface area contributed by atoms with Crippen LogP contribution in [0.15, 0.2) is 41.5 Å². The Bertz CT molecular complexity index is 928. The highest BCUT2D eigenvalue weighted by Gasteiger charge is 2.22. The molecule has 0 radical (unpaired) electrons. The number of hydrogen-bond donors (Lipinski definition) is 2. The van der Waals surface area contributed by atoms with Crippen LogP contribution in [0.3, 0.4) is 0 Å². The molecule has 1 saturated heterocycles. The van der Waals surface area contributed by atoms with Crippen LogP contribution >= 0.6 is 0 Å². The summed E-state index contributed by atoms with van der Waals surface area (Å²) in [5, 5.41) is 6.69. The number of anilines is 1. The molecule has 0 spiro atoms. The summed E-state index contributed by atoms with van der Waals surface area (Å²) >= 11 is 0. The van der Waals surface area contributed by atoms with Crippen LogP contribution in [0.5, 0.6) is 5.75 Å². The Balaban J connectivity index is 1.34. The Morgan fingerprint density at radius 1 is 1.31 bits per heavy atom. The summed E-state index contributed by atoms with van der Waals surface area (Å²) in [5.74, 6) is 2.19. The molecule has 2 aromatic rings. The summed E-state index contributed by atoms with van der Waals surface area (Å²) in [6.45, 7) is 6.25. The van der Waals surface area contributed by atoms with Gasteiger partial charge >= 0.3 is 0 Å². The molecule has 1 aromatic carbocycles. The number of hydrogen-bond acceptors (Lipinski definition) is 5. The van der Waals surface area contributed by atoms with Crippen LogP contribution in [0.4, 0.5) is 10.2 Å². The number of halogens is 1. The highest BCUT2D eigenvalue weighted by molar-refractivity contribution is 5.80. The molecule has 1 unspecified atom stereocenters. The molecule has 1 aliphatic carbocycles. The van der Waals surface area contributed by atoms with Crippen LogP contribution in [0, 0.1) is 11.7 Å². The number of morpholine rings is 1. The van der Waals surface area contributed by atoms with Gasteiger partial charge in [-0.05, 0) is 49.4 Å². The summed E-state index contributed by atoms with van der Waals surface area (Å²) in [4.78, 5) is 11.2. The van der Waals surface area contributed by atoms with E-state index in [4.69, 9.17) is 9.47 Å². The molecule has 7 nitrogen and oxygen atoms in total. The number of benzene rings is 1. The highest BCUT2D eigenvalue weighted by atomic mass is 19.1. The lowest BCUT2D eigenvalue weighted by atomic mass is 10.1. The van der Waals surface area contributed by atoms with Crippen molar-refractivity contribution in [2.75, 3.05) is 44.9 Å². The number of aliphatic imine (C=N–C) groups is 1. The third kappa shape index (κ3) is 5.88. The first-order valence-corrected chi connectivity index (χ1v) is 11.3. The summed E-state index contributed by atoms with van der Waals surface area (Å²) in [6.07, 6.45) is 4.18. The van der Waals surface area contributed by atoms with Gasteiger partial charge in [0, 0.05) is 38.4 Å². The molecule has 2 aliphatic rings. The van der Waals surface area contributed by atoms with Gasteiger partial charge in [0.1, 0.15) is 5.82 Å². The minimum Gasteiger partial charge on any atom is -0.490 e. The quantitative estimate of drug-likeness (QED) is 0.484. The number of aromatic nitrogens is 1. The number of ether oxygens (including phenoxy) is 2. The van der Waals surface area contributed by atoms with Gasteiger partial charge in [0.15, 0.2) is 17.5 Å². The summed E-state index contributed by atoms with van der Waals surface area (Å²) < 4.78 is 25.5. The van der Waals surface area contributed by atoms with E-state index in [1.807, 2.05) is 25.3 Å². The Morgan fingerprint density at radius 2 is 2.12 bits per heavy atom. The van der Waals surface area contributed by atoms with Crippen molar-refractivity contribution >= 4 is 11.8 Å². The van der Waals surface area contributed by atoms with Crippen molar-refractivity contribution in [1.29, 1.82) is 0 Å². The van der Waals surface area contributed by atoms with Crippen molar-refractivity contribution in [2.45, 2.75) is 32.4 Å². The van der Waals surface area contributed by atoms with Gasteiger partial charge < -0.3 is 25.0 Å². The summed E-state index contributed by atoms with van der Waals surface area (Å²) in [7, 11) is 1.73. The lowest BCUT2D eigenvalue weighted by molar-refractivity contribution is 0.122. The van der Waals surface area contributed by atoms with Gasteiger partial charge in [-0.3, -0.25) is 4.99 Å². The Hall–Kier alpha value is -2.87. The highest BCUT2D eigenvalue weighted by Crippen LogP contribution is 2.30. The zero-order valence-electron chi connectivity index (χ0n) is 18.8. The second-order valence-corrected chi connectivity index (χ2v) is 8.32. The normalized spacial score (nSPS) is 17.7. The molecule has 0 bridgehead atoms. The van der Waals surface area contributed by atoms with Gasteiger partial charge in [0.2, 0.25) is 0 Å². The molecule has 32 heavy (non-hydrogen) atoms. The van der Waals surface area contributed by atoms with Crippen molar-refractivity contribution in [3.8, 4) is 5.75 Å². The lowest BCUT2D eigenvalue weighted by Crippen LogP contribution is -2.40. The molecule has 2 heterocycles. The first-order chi connectivity index (χ1) is 15.6. The van der Waals surface area contributed by atoms with E-state index in [1.54, 1.807) is 13.1 Å². The van der Waals surface area contributed by atoms with E-state index in [9.17, 15) is 4.39 Å². The second-order valence-electron chi connectivity index (χ2n) is 8.32. The van der Waals surface area contributed by atoms with Gasteiger partial charge in [-0.15, -0.1) is 0 Å². The monoisotopic (exact) mass is 441 g/mol. The Labute approximate surface area is 189 Å². The number of rotatable bonds is 8. The van der Waals surface area contributed by atoms with E-state index in [0.717, 1.165) is 30.0 Å². The van der Waals surface area contributed by atoms with E-state index in [-0.39, 0.29) is 11.9 Å². The van der Waals surface area contributed by atoms with Crippen LogP contribution in [0.25, 0.3) is 0 Å². The largest absolute Gasteiger partial charge is 0.490 e. The van der Waals surface area contributed by atoms with Gasteiger partial charge in [-0.25, -0.2) is 9.37 Å². The van der Waals surface area contributed by atoms with Crippen molar-refractivity contribution < 1.29 is 13.9 Å². The molecule has 2 fully saturated rings. The Morgan fingerprint density at radius 3 is 2.84 bits per heavy atom. The van der Waals surface area contributed by atoms with Crippen molar-refractivity contribution in [1.82, 2.24) is 15.6 Å². The van der Waals surface area contributed by atoms with Gasteiger partial charge in [-0.1, -0.05) is 12.1 Å². The molecule has 0 amide bonds. The lowest BCUT2D eigenvalue weighted by Gasteiger charge is -2.29. The molecule has 4 rings (SSSR count). The minimum absolute atomic E-state index is 0.124. The number of nitrogens with one attached hydrogen (secondary N) is 2. The maximum atomic E-state index is 14.5. The van der Waals surface area contributed by atoms with Gasteiger partial charge in [0.05, 0.1) is 25.9 Å². The van der Waals surface area contributed by atoms with Gasteiger partial charge in [-0.2, -0.15) is 0 Å². The average molecular weight is 442 g/mol. The van der Waals surface area contributed by atoms with Crippen LogP contribution in [0.1, 0.15) is 36.9 Å². The molecule has 8 heteroatoms. The Kier molecular flexibility index (Phi) is 7.42. The molecular formula is C24H32FN5O2. The fourth-order valence-electron chi connectivity index (χ4n) is 3.69. The number of pyridine rings is 1. The number of nitrogens with zero attached hydrogens (tertiary/aromatic N) is 3. The number of guanidine groups is 1. The maximum absolute atomic E-state index is 14.5. The first kappa shape index (κ1) is 22.3. The first-order valence-electron chi connectivity index (χ1n) is 11.3. The zero-order valence-corrected chi connectivity index (χ0v) is 18.8. The fourth-order valence-corrected chi connectivity index (χ4v) is 3.69. The average Bonchev–Trinajstić information content (AvgIpc) is 3.66. The SMILES string of the molecule is CN=C(NCc1cccnc1N1CCOCC1)NC(C)c1ccc(OCC2CC2)c(F)c1. The van der Waals surface area contributed by atoms with Crippen LogP contribution in [-0.2, 0) is 11.3 Å². The molecule has 1 saturated carbocycles. The zero-order chi connectivity index (χ0) is 22.3. The molecule has 1 atom stereocenters. The standard InChI is InChI=1S/C24H32FN5O2/c1-17(19-7-8-22(21(25)14-19)32-16-18-5-6-18)29-24(26-2)28-15-20-4-3-9-27-23(20)30-10-12-31-13-11-30/h3-4,7-9,14,17-18H,5-6,10-13,15-16H2,1-2H3,(H2,26,28,29). The van der Waals surface area contributed by atoms with E-state index in [1.165, 1.54) is 18.9 Å². The molecular weight excluding hydrogens is 409 g/mol. The van der Waals surface area contributed by atoms with Crippen LogP contribution < -0.4 is 20.3 Å². The maximum Gasteiger partial charge on any atom is 0.191 e. The predicted molar refractivity (Wildman–Crippen MR) is 124 cm³/mol. The van der Waals surface area contributed by atoms with E-state index < -0.39 is 0 Å². The topological polar surface area (TPSA) is 71.0 Å². The van der Waals surface area contributed by atoms with Crippen LogP contribution in [-0.4, -0.2) is 50.9 Å². The van der Waals surface area contributed by atoms with Crippen LogP contribution in [0.2, 0.25) is 0 Å². The molecule has 1 aromatic heterocycles. The van der Waals surface area contributed by atoms with Crippen molar-refractivity contribution in [3.63, 3.8) is 0 Å². The fraction of sp³-hybridized carbons (Fsp3) is 0.500. The minimum atomic E-state index is -0.328. The van der Waals surface area contributed by atoms with Crippen molar-refractivity contribution in [3.05, 3.63) is 53.5 Å². The van der Waals surface area contributed by atoms with Crippen molar-refractivity contribution in [2.24, 2.45) is 10.9 Å². The van der Waals surface area contributed by atoms with E-state index in [0.29, 0.717) is 44.0 Å². The smallest absolute Gasteiger partial charge is 0.191 e. The predicted octanol–water partition coefficient (Wildman–Crippen LogP) is 3.27. The third-order valence-electron chi connectivity index (χ3n) is 5.83. The molecule has 172 valence electrons. The summed E-state index contributed by atoms with van der Waals surface area (Å²) in [6, 6.07) is 9.03. The third-order valence-corrected chi connectivity index (χ3v) is 5.83.